The van der Waals surface area contributed by atoms with E-state index in [-0.39, 0.29) is 35.1 Å². The third-order valence-electron chi connectivity index (χ3n) is 11.7. The van der Waals surface area contributed by atoms with Gasteiger partial charge in [0.15, 0.2) is 0 Å². The second-order valence-electron chi connectivity index (χ2n) is 13.2. The second kappa shape index (κ2) is 8.99. The predicted molar refractivity (Wildman–Crippen MR) is 139 cm³/mol. The summed E-state index contributed by atoms with van der Waals surface area (Å²) in [6.07, 6.45) is 11.0. The third kappa shape index (κ3) is 3.73. The molecular formula is C30H43N3O3. The molecule has 6 rings (SSSR count). The molecule has 4 fully saturated rings. The first-order valence-electron chi connectivity index (χ1n) is 14.3. The van der Waals surface area contributed by atoms with Crippen molar-refractivity contribution in [2.45, 2.75) is 96.9 Å². The van der Waals surface area contributed by atoms with Crippen molar-refractivity contribution in [3.05, 3.63) is 30.4 Å². The fourth-order valence-corrected chi connectivity index (χ4v) is 9.72. The van der Waals surface area contributed by atoms with Crippen LogP contribution in [-0.2, 0) is 6.42 Å². The summed E-state index contributed by atoms with van der Waals surface area (Å²) in [5.41, 5.74) is 1.68. The second-order valence-corrected chi connectivity index (χ2v) is 13.2. The molecule has 2 aromatic rings. The van der Waals surface area contributed by atoms with Crippen molar-refractivity contribution in [2.24, 2.45) is 46.3 Å². The molecule has 4 aliphatic carbocycles. The van der Waals surface area contributed by atoms with Crippen molar-refractivity contribution in [1.29, 1.82) is 0 Å². The molecule has 0 radical (unpaired) electrons. The van der Waals surface area contributed by atoms with E-state index in [1.807, 2.05) is 18.3 Å². The van der Waals surface area contributed by atoms with Crippen LogP contribution in [0, 0.1) is 46.3 Å². The Morgan fingerprint density at radius 2 is 1.83 bits per heavy atom. The highest BCUT2D eigenvalue weighted by Gasteiger charge is 2.65. The van der Waals surface area contributed by atoms with Crippen LogP contribution < -0.4 is 0 Å². The lowest BCUT2D eigenvalue weighted by Crippen LogP contribution is -2.62. The summed E-state index contributed by atoms with van der Waals surface area (Å²) < 4.78 is 0. The van der Waals surface area contributed by atoms with E-state index >= 15 is 0 Å². The summed E-state index contributed by atoms with van der Waals surface area (Å²) in [5, 5.41) is 33.6. The molecule has 3 N–H and O–H groups in total. The molecule has 2 heterocycles. The zero-order valence-corrected chi connectivity index (χ0v) is 22.1. The van der Waals surface area contributed by atoms with E-state index in [0.29, 0.717) is 29.6 Å². The van der Waals surface area contributed by atoms with E-state index in [2.05, 4.69) is 30.7 Å². The van der Waals surface area contributed by atoms with E-state index in [1.54, 1.807) is 6.20 Å². The molecule has 0 aromatic carbocycles. The van der Waals surface area contributed by atoms with Crippen molar-refractivity contribution in [1.82, 2.24) is 15.0 Å². The van der Waals surface area contributed by atoms with Crippen LogP contribution in [0.25, 0.3) is 11.0 Å². The van der Waals surface area contributed by atoms with E-state index in [0.717, 1.165) is 74.6 Å². The Morgan fingerprint density at radius 3 is 2.67 bits per heavy atom. The van der Waals surface area contributed by atoms with Gasteiger partial charge in [0.25, 0.3) is 0 Å². The SMILES string of the molecule is C[C@H](CCc1ncc2ncccc2n1)[C@H]1CC[C@H]2[C@H]3C(C[C@H](O)[C@]12C)[C@@]1(C)CC[C@@H](O)C[C@H]1C[C@H]3O. The molecule has 0 spiro atoms. The van der Waals surface area contributed by atoms with E-state index in [4.69, 9.17) is 4.98 Å². The molecule has 11 atom stereocenters. The van der Waals surface area contributed by atoms with Crippen molar-refractivity contribution in [3.8, 4) is 0 Å². The van der Waals surface area contributed by atoms with Gasteiger partial charge in [0.1, 0.15) is 11.3 Å². The monoisotopic (exact) mass is 493 g/mol. The lowest BCUT2D eigenvalue weighted by molar-refractivity contribution is -0.207. The predicted octanol–water partition coefficient (Wildman–Crippen LogP) is 4.55. The summed E-state index contributed by atoms with van der Waals surface area (Å²) >= 11 is 0. The minimum absolute atomic E-state index is 0.122. The van der Waals surface area contributed by atoms with Crippen molar-refractivity contribution in [3.63, 3.8) is 0 Å². The van der Waals surface area contributed by atoms with Gasteiger partial charge in [-0.2, -0.15) is 0 Å². The topological polar surface area (TPSA) is 99.4 Å². The van der Waals surface area contributed by atoms with Crippen LogP contribution in [0.3, 0.4) is 0 Å². The number of aryl methyl sites for hydroxylation is 1. The van der Waals surface area contributed by atoms with Crippen molar-refractivity contribution >= 4 is 11.0 Å². The molecule has 0 aliphatic heterocycles. The van der Waals surface area contributed by atoms with Crippen LogP contribution in [0.15, 0.2) is 24.5 Å². The Balaban J connectivity index is 1.20. The van der Waals surface area contributed by atoms with Gasteiger partial charge in [0, 0.05) is 12.6 Å². The highest BCUT2D eigenvalue weighted by Crippen LogP contribution is 2.68. The van der Waals surface area contributed by atoms with Crippen LogP contribution in [0.4, 0.5) is 0 Å². The average molecular weight is 494 g/mol. The molecule has 0 bridgehead atoms. The first-order valence-corrected chi connectivity index (χ1v) is 14.3. The average Bonchev–Trinajstić information content (AvgIpc) is 3.22. The molecule has 4 saturated carbocycles. The van der Waals surface area contributed by atoms with Gasteiger partial charge >= 0.3 is 0 Å². The lowest BCUT2D eigenvalue weighted by Gasteiger charge is -2.63. The number of nitrogens with zero attached hydrogens (tertiary/aromatic N) is 3. The number of fused-ring (bicyclic) bond motifs is 6. The number of hydrogen-bond donors (Lipinski definition) is 3. The van der Waals surface area contributed by atoms with E-state index < -0.39 is 0 Å². The number of aliphatic hydroxyl groups is 3. The zero-order valence-electron chi connectivity index (χ0n) is 22.1. The largest absolute Gasteiger partial charge is 0.393 e. The highest BCUT2D eigenvalue weighted by atomic mass is 16.3. The molecule has 36 heavy (non-hydrogen) atoms. The molecule has 4 aliphatic rings. The maximum Gasteiger partial charge on any atom is 0.129 e. The van der Waals surface area contributed by atoms with Gasteiger partial charge in [-0.3, -0.25) is 4.98 Å². The number of rotatable bonds is 4. The standard InChI is InChI=1S/C30H43N3O3/c1-17(6-9-27-32-16-24-23(33-27)5-4-12-31-24)20-7-8-21-28-22(15-26(36)30(20,21)3)29(2)11-10-19(34)13-18(29)14-25(28)35/h4-5,12,16-22,25-26,28,34-36H,6-11,13-15H2,1-3H3/t17-,18+,19-,20-,21+,22?,25-,26+,28+,29+,30-/m1/s1. The van der Waals surface area contributed by atoms with Gasteiger partial charge in [0.2, 0.25) is 0 Å². The third-order valence-corrected chi connectivity index (χ3v) is 11.7. The minimum atomic E-state index is -0.337. The van der Waals surface area contributed by atoms with Crippen molar-refractivity contribution < 1.29 is 15.3 Å². The summed E-state index contributed by atoms with van der Waals surface area (Å²) in [4.78, 5) is 13.6. The van der Waals surface area contributed by atoms with Crippen LogP contribution in [-0.4, -0.2) is 48.6 Å². The fraction of sp³-hybridized carbons (Fsp3) is 0.767. The Labute approximate surface area is 215 Å². The van der Waals surface area contributed by atoms with Gasteiger partial charge in [-0.1, -0.05) is 20.8 Å². The smallest absolute Gasteiger partial charge is 0.129 e. The maximum absolute atomic E-state index is 11.8. The first kappa shape index (κ1) is 24.7. The number of aliphatic hydroxyl groups excluding tert-OH is 3. The molecule has 0 amide bonds. The van der Waals surface area contributed by atoms with Gasteiger partial charge < -0.3 is 15.3 Å². The molecule has 2 aromatic heterocycles. The Kier molecular flexibility index (Phi) is 6.17. The first-order chi connectivity index (χ1) is 17.2. The number of pyridine rings is 1. The van der Waals surface area contributed by atoms with E-state index in [9.17, 15) is 15.3 Å². The summed E-state index contributed by atoms with van der Waals surface area (Å²) in [5.74, 6) is 3.10. The summed E-state index contributed by atoms with van der Waals surface area (Å²) in [6.45, 7) is 7.07. The van der Waals surface area contributed by atoms with Gasteiger partial charge in [0.05, 0.1) is 30.0 Å². The normalized spacial score (nSPS) is 45.1. The van der Waals surface area contributed by atoms with Gasteiger partial charge in [-0.25, -0.2) is 9.97 Å². The molecule has 0 saturated heterocycles. The number of aromatic nitrogens is 3. The fourth-order valence-electron chi connectivity index (χ4n) is 9.72. The van der Waals surface area contributed by atoms with Gasteiger partial charge in [-0.05, 0) is 110 Å². The highest BCUT2D eigenvalue weighted by molar-refractivity contribution is 5.72. The molecular weight excluding hydrogens is 450 g/mol. The molecule has 1 unspecified atom stereocenters. The van der Waals surface area contributed by atoms with Crippen LogP contribution in [0.1, 0.15) is 78.0 Å². The maximum atomic E-state index is 11.8. The minimum Gasteiger partial charge on any atom is -0.393 e. The quantitative estimate of drug-likeness (QED) is 0.578. The molecule has 6 nitrogen and oxygen atoms in total. The van der Waals surface area contributed by atoms with E-state index in [1.165, 1.54) is 0 Å². The zero-order chi connectivity index (χ0) is 25.2. The van der Waals surface area contributed by atoms with Gasteiger partial charge in [-0.15, -0.1) is 0 Å². The van der Waals surface area contributed by atoms with Crippen LogP contribution in [0.5, 0.6) is 0 Å². The Morgan fingerprint density at radius 1 is 1.00 bits per heavy atom. The molecule has 196 valence electrons. The summed E-state index contributed by atoms with van der Waals surface area (Å²) in [6, 6.07) is 3.90. The number of hydrogen-bond acceptors (Lipinski definition) is 6. The molecule has 6 heteroatoms. The summed E-state index contributed by atoms with van der Waals surface area (Å²) in [7, 11) is 0. The Bertz CT molecular complexity index is 1110. The Hall–Kier alpha value is -1.63. The van der Waals surface area contributed by atoms with Crippen LogP contribution >= 0.6 is 0 Å². The lowest BCUT2D eigenvalue weighted by atomic mass is 9.43. The van der Waals surface area contributed by atoms with Crippen molar-refractivity contribution in [2.75, 3.05) is 0 Å². The van der Waals surface area contributed by atoms with Crippen LogP contribution in [0.2, 0.25) is 0 Å².